The molecule has 18 heavy (non-hydrogen) atoms. The fourth-order valence-electron chi connectivity index (χ4n) is 1.38. The van der Waals surface area contributed by atoms with Crippen molar-refractivity contribution in [3.63, 3.8) is 0 Å². The third-order valence-electron chi connectivity index (χ3n) is 2.07. The van der Waals surface area contributed by atoms with Crippen molar-refractivity contribution in [2.45, 2.75) is 18.3 Å². The average Bonchev–Trinajstić information content (AvgIpc) is 2.13. The number of non-ortho nitro benzene ring substituents is 1. The van der Waals surface area contributed by atoms with E-state index in [0.29, 0.717) is 6.07 Å². The normalized spacial score (nSPS) is 12.8. The van der Waals surface area contributed by atoms with E-state index >= 15 is 0 Å². The van der Waals surface area contributed by atoms with E-state index in [2.05, 4.69) is 0 Å². The zero-order valence-corrected chi connectivity index (χ0v) is 8.42. The van der Waals surface area contributed by atoms with Crippen LogP contribution in [-0.4, -0.2) is 17.3 Å². The van der Waals surface area contributed by atoms with Crippen LogP contribution in [0.15, 0.2) is 24.3 Å². The summed E-state index contributed by atoms with van der Waals surface area (Å²) in [5.41, 5.74) is -2.03. The average molecular weight is 273 g/mol. The summed E-state index contributed by atoms with van der Waals surface area (Å²) >= 11 is 0. The molecule has 0 aliphatic rings. The van der Waals surface area contributed by atoms with E-state index < -0.39 is 34.4 Å². The molecule has 0 aliphatic heterocycles. The first-order chi connectivity index (χ1) is 8.03. The fraction of sp³-hybridized carbons (Fsp3) is 0.333. The van der Waals surface area contributed by atoms with Crippen LogP contribution in [0.2, 0.25) is 0 Å². The Morgan fingerprint density at radius 3 is 1.94 bits per heavy atom. The van der Waals surface area contributed by atoms with Crippen molar-refractivity contribution in [3.05, 3.63) is 39.9 Å². The highest BCUT2D eigenvalue weighted by molar-refractivity contribution is 5.37. The number of alkyl halides is 6. The summed E-state index contributed by atoms with van der Waals surface area (Å²) in [6, 6.07) is 2.41. The Bertz CT molecular complexity index is 439. The second kappa shape index (κ2) is 4.46. The third kappa shape index (κ3) is 3.11. The van der Waals surface area contributed by atoms with Gasteiger partial charge in [-0.15, -0.1) is 0 Å². The number of nitro benzene ring substituents is 1. The monoisotopic (exact) mass is 273 g/mol. The second-order valence-electron chi connectivity index (χ2n) is 3.37. The van der Waals surface area contributed by atoms with E-state index in [4.69, 9.17) is 0 Å². The van der Waals surface area contributed by atoms with Gasteiger partial charge >= 0.3 is 12.4 Å². The summed E-state index contributed by atoms with van der Waals surface area (Å²) in [5.74, 6) is -3.73. The molecule has 0 aromatic heterocycles. The molecule has 1 aromatic rings. The van der Waals surface area contributed by atoms with Gasteiger partial charge in [0, 0.05) is 12.1 Å². The van der Waals surface area contributed by atoms with Crippen molar-refractivity contribution in [1.29, 1.82) is 0 Å². The van der Waals surface area contributed by atoms with Crippen LogP contribution >= 0.6 is 0 Å². The van der Waals surface area contributed by atoms with Crippen LogP contribution in [-0.2, 0) is 0 Å². The maximum atomic E-state index is 12.3. The van der Waals surface area contributed by atoms with Gasteiger partial charge in [-0.2, -0.15) is 26.3 Å². The van der Waals surface area contributed by atoms with Gasteiger partial charge in [-0.05, 0) is 5.56 Å². The Labute approximate surface area is 96.2 Å². The van der Waals surface area contributed by atoms with Gasteiger partial charge in [-0.3, -0.25) is 10.1 Å². The summed E-state index contributed by atoms with van der Waals surface area (Å²) in [7, 11) is 0. The molecule has 3 nitrogen and oxygen atoms in total. The molecule has 0 aliphatic carbocycles. The van der Waals surface area contributed by atoms with Gasteiger partial charge in [0.15, 0.2) is 5.92 Å². The molecule has 9 heteroatoms. The largest absolute Gasteiger partial charge is 0.404 e. The summed E-state index contributed by atoms with van der Waals surface area (Å²) in [6.45, 7) is 0. The highest BCUT2D eigenvalue weighted by Gasteiger charge is 2.57. The number of hydrogen-bond acceptors (Lipinski definition) is 2. The van der Waals surface area contributed by atoms with Crippen LogP contribution in [0.5, 0.6) is 0 Å². The number of halogens is 6. The molecule has 0 unspecified atom stereocenters. The Hall–Kier alpha value is -1.80. The maximum Gasteiger partial charge on any atom is 0.404 e. The summed E-state index contributed by atoms with van der Waals surface area (Å²) in [4.78, 5) is 9.26. The molecule has 100 valence electrons. The molecule has 0 N–H and O–H groups in total. The van der Waals surface area contributed by atoms with Crippen LogP contribution in [0, 0.1) is 10.1 Å². The molecular formula is C9H5F6NO2. The van der Waals surface area contributed by atoms with Crippen molar-refractivity contribution in [2.75, 3.05) is 0 Å². The van der Waals surface area contributed by atoms with Gasteiger partial charge in [0.05, 0.1) is 4.92 Å². The summed E-state index contributed by atoms with van der Waals surface area (Å²) < 4.78 is 74.1. The van der Waals surface area contributed by atoms with Crippen LogP contribution in [0.4, 0.5) is 32.0 Å². The van der Waals surface area contributed by atoms with Crippen LogP contribution in [0.25, 0.3) is 0 Å². The minimum Gasteiger partial charge on any atom is -0.258 e. The summed E-state index contributed by atoms with van der Waals surface area (Å²) in [6.07, 6.45) is -11.1. The molecule has 1 aromatic carbocycles. The molecule has 0 radical (unpaired) electrons. The number of benzene rings is 1. The minimum absolute atomic E-state index is 0.269. The van der Waals surface area contributed by atoms with Crippen molar-refractivity contribution >= 4 is 5.69 Å². The Morgan fingerprint density at radius 2 is 1.56 bits per heavy atom. The zero-order valence-electron chi connectivity index (χ0n) is 8.42. The molecule has 0 amide bonds. The van der Waals surface area contributed by atoms with E-state index in [1.165, 1.54) is 0 Å². The highest BCUT2D eigenvalue weighted by atomic mass is 19.4. The topological polar surface area (TPSA) is 43.1 Å². The van der Waals surface area contributed by atoms with Gasteiger partial charge in [0.25, 0.3) is 5.69 Å². The Kier molecular flexibility index (Phi) is 3.54. The number of rotatable bonds is 2. The van der Waals surface area contributed by atoms with Crippen molar-refractivity contribution in [3.8, 4) is 0 Å². The number of nitrogens with zero attached hydrogens (tertiary/aromatic N) is 1. The van der Waals surface area contributed by atoms with Crippen LogP contribution < -0.4 is 0 Å². The van der Waals surface area contributed by atoms with Crippen molar-refractivity contribution in [1.82, 2.24) is 0 Å². The lowest BCUT2D eigenvalue weighted by Gasteiger charge is -2.22. The number of hydrogen-bond donors (Lipinski definition) is 0. The molecule has 0 saturated heterocycles. The first-order valence-corrected chi connectivity index (χ1v) is 4.41. The van der Waals surface area contributed by atoms with E-state index in [1.807, 2.05) is 0 Å². The Morgan fingerprint density at radius 1 is 1.06 bits per heavy atom. The second-order valence-corrected chi connectivity index (χ2v) is 3.37. The maximum absolute atomic E-state index is 12.3. The minimum atomic E-state index is -5.56. The van der Waals surface area contributed by atoms with Gasteiger partial charge in [-0.25, -0.2) is 0 Å². The van der Waals surface area contributed by atoms with E-state index in [0.717, 1.165) is 12.1 Å². The molecule has 0 bridgehead atoms. The van der Waals surface area contributed by atoms with E-state index in [1.54, 1.807) is 0 Å². The van der Waals surface area contributed by atoms with Crippen LogP contribution in [0.3, 0.4) is 0 Å². The predicted molar refractivity (Wildman–Crippen MR) is 47.9 cm³/mol. The lowest BCUT2D eigenvalue weighted by atomic mass is 9.97. The fourth-order valence-corrected chi connectivity index (χ4v) is 1.38. The number of nitro groups is 1. The predicted octanol–water partition coefficient (Wildman–Crippen LogP) is 3.80. The third-order valence-corrected chi connectivity index (χ3v) is 2.07. The molecule has 0 atom stereocenters. The first-order valence-electron chi connectivity index (χ1n) is 4.41. The molecule has 0 saturated carbocycles. The van der Waals surface area contributed by atoms with Crippen molar-refractivity contribution < 1.29 is 31.3 Å². The molecule has 0 spiro atoms. The van der Waals surface area contributed by atoms with E-state index in [-0.39, 0.29) is 6.07 Å². The molecule has 1 rings (SSSR count). The first kappa shape index (κ1) is 14.3. The standard InChI is InChI=1S/C9H5F6NO2/c10-8(11,12)7(9(13,14)15)5-2-1-3-6(4-5)16(17)18/h1-4,7H. The zero-order chi connectivity index (χ0) is 14.1. The molecule has 0 fully saturated rings. The van der Waals surface area contributed by atoms with Gasteiger partial charge in [0.2, 0.25) is 0 Å². The lowest BCUT2D eigenvalue weighted by molar-refractivity contribution is -0.385. The molecular weight excluding hydrogens is 268 g/mol. The molecule has 0 heterocycles. The van der Waals surface area contributed by atoms with Crippen LogP contribution in [0.1, 0.15) is 11.5 Å². The van der Waals surface area contributed by atoms with Gasteiger partial charge in [-0.1, -0.05) is 12.1 Å². The Balaban J connectivity index is 3.31. The van der Waals surface area contributed by atoms with E-state index in [9.17, 15) is 36.5 Å². The van der Waals surface area contributed by atoms with Gasteiger partial charge < -0.3 is 0 Å². The highest BCUT2D eigenvalue weighted by Crippen LogP contribution is 2.46. The summed E-state index contributed by atoms with van der Waals surface area (Å²) in [5, 5.41) is 10.3. The van der Waals surface area contributed by atoms with Gasteiger partial charge in [0.1, 0.15) is 0 Å². The SMILES string of the molecule is O=[N+]([O-])c1cccc(C(C(F)(F)F)C(F)(F)F)c1. The quantitative estimate of drug-likeness (QED) is 0.467. The lowest BCUT2D eigenvalue weighted by Crippen LogP contribution is -2.34. The van der Waals surface area contributed by atoms with Crippen molar-refractivity contribution in [2.24, 2.45) is 0 Å². The smallest absolute Gasteiger partial charge is 0.258 e.